The van der Waals surface area contributed by atoms with Gasteiger partial charge in [-0.15, -0.1) is 0 Å². The zero-order valence-electron chi connectivity index (χ0n) is 11.0. The normalized spacial score (nSPS) is 23.2. The Hall–Kier alpha value is -0.0800. The van der Waals surface area contributed by atoms with Gasteiger partial charge in [-0.25, -0.2) is 0 Å². The van der Waals surface area contributed by atoms with Crippen molar-refractivity contribution in [3.8, 4) is 0 Å². The van der Waals surface area contributed by atoms with Crippen LogP contribution in [0.1, 0.15) is 47.0 Å². The lowest BCUT2D eigenvalue weighted by Crippen LogP contribution is -2.42. The maximum atomic E-state index is 3.51. The van der Waals surface area contributed by atoms with Crippen molar-refractivity contribution in [1.82, 2.24) is 10.2 Å². The lowest BCUT2D eigenvalue weighted by Gasteiger charge is -2.33. The van der Waals surface area contributed by atoms with Crippen LogP contribution in [0.5, 0.6) is 0 Å². The van der Waals surface area contributed by atoms with Crippen LogP contribution in [0.15, 0.2) is 0 Å². The molecule has 1 fully saturated rings. The molecule has 0 bridgehead atoms. The van der Waals surface area contributed by atoms with Crippen LogP contribution in [0.4, 0.5) is 0 Å². The van der Waals surface area contributed by atoms with Crippen molar-refractivity contribution in [2.24, 2.45) is 5.92 Å². The number of likely N-dealkylation sites (tertiary alicyclic amines) is 1. The van der Waals surface area contributed by atoms with E-state index in [4.69, 9.17) is 0 Å². The molecule has 0 radical (unpaired) electrons. The highest BCUT2D eigenvalue weighted by molar-refractivity contribution is 4.88. The Labute approximate surface area is 95.4 Å². The molecule has 1 saturated heterocycles. The van der Waals surface area contributed by atoms with Gasteiger partial charge < -0.3 is 5.32 Å². The van der Waals surface area contributed by atoms with E-state index in [-0.39, 0.29) is 0 Å². The van der Waals surface area contributed by atoms with Gasteiger partial charge in [0.05, 0.1) is 0 Å². The van der Waals surface area contributed by atoms with Gasteiger partial charge in [0.25, 0.3) is 0 Å². The average Bonchev–Trinajstić information content (AvgIpc) is 2.46. The van der Waals surface area contributed by atoms with E-state index in [0.29, 0.717) is 5.54 Å². The maximum Gasteiger partial charge on any atom is 0.0153 e. The van der Waals surface area contributed by atoms with E-state index < -0.39 is 0 Å². The summed E-state index contributed by atoms with van der Waals surface area (Å²) in [7, 11) is 0. The molecule has 2 nitrogen and oxygen atoms in total. The van der Waals surface area contributed by atoms with E-state index in [0.717, 1.165) is 12.5 Å². The van der Waals surface area contributed by atoms with Crippen LogP contribution >= 0.6 is 0 Å². The Balaban J connectivity index is 2.22. The maximum absolute atomic E-state index is 3.51. The lowest BCUT2D eigenvalue weighted by molar-refractivity contribution is 0.151. The van der Waals surface area contributed by atoms with E-state index >= 15 is 0 Å². The van der Waals surface area contributed by atoms with Gasteiger partial charge in [0.15, 0.2) is 0 Å². The van der Waals surface area contributed by atoms with E-state index in [1.165, 1.54) is 38.9 Å². The van der Waals surface area contributed by atoms with Crippen molar-refractivity contribution in [2.45, 2.75) is 52.5 Å². The summed E-state index contributed by atoms with van der Waals surface area (Å²) < 4.78 is 0. The fourth-order valence-electron chi connectivity index (χ4n) is 2.47. The highest BCUT2D eigenvalue weighted by Gasteiger charge is 2.32. The van der Waals surface area contributed by atoms with Crippen LogP contribution in [0.3, 0.4) is 0 Å². The zero-order valence-corrected chi connectivity index (χ0v) is 11.0. The van der Waals surface area contributed by atoms with Crippen LogP contribution in [0.25, 0.3) is 0 Å². The molecule has 0 aromatic heterocycles. The van der Waals surface area contributed by atoms with Crippen molar-refractivity contribution in [3.05, 3.63) is 0 Å². The average molecular weight is 212 g/mol. The summed E-state index contributed by atoms with van der Waals surface area (Å²) in [5.74, 6) is 0.772. The smallest absolute Gasteiger partial charge is 0.0153 e. The third kappa shape index (κ3) is 4.12. The molecule has 0 amide bonds. The van der Waals surface area contributed by atoms with E-state index in [9.17, 15) is 0 Å². The van der Waals surface area contributed by atoms with Gasteiger partial charge >= 0.3 is 0 Å². The van der Waals surface area contributed by atoms with E-state index in [1.54, 1.807) is 0 Å². The molecule has 2 heteroatoms. The molecule has 1 rings (SSSR count). The molecule has 0 spiro atoms. The molecule has 15 heavy (non-hydrogen) atoms. The highest BCUT2D eigenvalue weighted by atomic mass is 15.2. The zero-order chi connectivity index (χ0) is 11.3. The second-order valence-corrected chi connectivity index (χ2v) is 5.67. The number of hydrogen-bond acceptors (Lipinski definition) is 2. The van der Waals surface area contributed by atoms with Crippen molar-refractivity contribution in [2.75, 3.05) is 26.2 Å². The highest BCUT2D eigenvalue weighted by Crippen LogP contribution is 2.28. The first kappa shape index (κ1) is 13.0. The summed E-state index contributed by atoms with van der Waals surface area (Å²) in [6.45, 7) is 14.2. The number of nitrogens with zero attached hydrogens (tertiary/aromatic N) is 1. The molecule has 90 valence electrons. The molecule has 1 aliphatic heterocycles. The largest absolute Gasteiger partial charge is 0.316 e. The molecule has 0 aromatic rings. The van der Waals surface area contributed by atoms with Gasteiger partial charge in [0, 0.05) is 12.1 Å². The molecule has 1 heterocycles. The Kier molecular flexibility index (Phi) is 5.07. The number of hydrogen-bond donors (Lipinski definition) is 1. The van der Waals surface area contributed by atoms with E-state index in [1.807, 2.05) is 0 Å². The minimum absolute atomic E-state index is 0.443. The molecule has 1 aliphatic rings. The third-order valence-electron chi connectivity index (χ3n) is 3.52. The Morgan fingerprint density at radius 3 is 2.67 bits per heavy atom. The quantitative estimate of drug-likeness (QED) is 0.681. The Morgan fingerprint density at radius 2 is 2.13 bits per heavy atom. The van der Waals surface area contributed by atoms with Gasteiger partial charge in [-0.2, -0.15) is 0 Å². The predicted molar refractivity (Wildman–Crippen MR) is 67.2 cm³/mol. The molecule has 1 N–H and O–H groups in total. The number of nitrogens with one attached hydrogen (secondary N) is 1. The standard InChI is InChI=1S/C13H28N2/c1-5-8-14-10-12(2)11-15-9-6-7-13(15,3)4/h12,14H,5-11H2,1-4H3. The van der Waals surface area contributed by atoms with Gasteiger partial charge in [-0.3, -0.25) is 4.90 Å². The van der Waals surface area contributed by atoms with Crippen LogP contribution in [0, 0.1) is 5.92 Å². The third-order valence-corrected chi connectivity index (χ3v) is 3.52. The SMILES string of the molecule is CCCNCC(C)CN1CCCC1(C)C. The van der Waals surface area contributed by atoms with Crippen molar-refractivity contribution >= 4 is 0 Å². The summed E-state index contributed by atoms with van der Waals surface area (Å²) in [6.07, 6.45) is 3.98. The molecular weight excluding hydrogens is 184 g/mol. The molecule has 1 unspecified atom stereocenters. The fourth-order valence-corrected chi connectivity index (χ4v) is 2.47. The summed E-state index contributed by atoms with van der Waals surface area (Å²) >= 11 is 0. The van der Waals surface area contributed by atoms with Gasteiger partial charge in [-0.1, -0.05) is 13.8 Å². The first-order chi connectivity index (χ1) is 7.06. The van der Waals surface area contributed by atoms with Gasteiger partial charge in [0.1, 0.15) is 0 Å². The van der Waals surface area contributed by atoms with Crippen LogP contribution in [-0.4, -0.2) is 36.6 Å². The molecule has 0 saturated carbocycles. The molecular formula is C13H28N2. The van der Waals surface area contributed by atoms with E-state index in [2.05, 4.69) is 37.9 Å². The first-order valence-corrected chi connectivity index (χ1v) is 6.52. The number of rotatable bonds is 6. The van der Waals surface area contributed by atoms with Gasteiger partial charge in [0.2, 0.25) is 0 Å². The van der Waals surface area contributed by atoms with Crippen LogP contribution in [-0.2, 0) is 0 Å². The molecule has 1 atom stereocenters. The summed E-state index contributed by atoms with van der Waals surface area (Å²) in [5.41, 5.74) is 0.443. The summed E-state index contributed by atoms with van der Waals surface area (Å²) in [4.78, 5) is 2.66. The van der Waals surface area contributed by atoms with Crippen molar-refractivity contribution in [1.29, 1.82) is 0 Å². The van der Waals surface area contributed by atoms with Crippen molar-refractivity contribution in [3.63, 3.8) is 0 Å². The fraction of sp³-hybridized carbons (Fsp3) is 1.00. The van der Waals surface area contributed by atoms with Gasteiger partial charge in [-0.05, 0) is 58.7 Å². The molecule has 0 aliphatic carbocycles. The Morgan fingerprint density at radius 1 is 1.40 bits per heavy atom. The summed E-state index contributed by atoms with van der Waals surface area (Å²) in [5, 5.41) is 3.51. The minimum Gasteiger partial charge on any atom is -0.316 e. The monoisotopic (exact) mass is 212 g/mol. The topological polar surface area (TPSA) is 15.3 Å². The van der Waals surface area contributed by atoms with Crippen LogP contribution < -0.4 is 5.32 Å². The summed E-state index contributed by atoms with van der Waals surface area (Å²) in [6, 6.07) is 0. The lowest BCUT2D eigenvalue weighted by atomic mass is 10.0. The molecule has 0 aromatic carbocycles. The second-order valence-electron chi connectivity index (χ2n) is 5.67. The first-order valence-electron chi connectivity index (χ1n) is 6.52. The van der Waals surface area contributed by atoms with Crippen LogP contribution in [0.2, 0.25) is 0 Å². The second kappa shape index (κ2) is 5.86. The Bertz CT molecular complexity index is 177. The van der Waals surface area contributed by atoms with Crippen molar-refractivity contribution < 1.29 is 0 Å². The predicted octanol–water partition coefficient (Wildman–Crippen LogP) is 2.50. The minimum atomic E-state index is 0.443.